The summed E-state index contributed by atoms with van der Waals surface area (Å²) in [5.74, 6) is -0.296. The zero-order valence-electron chi connectivity index (χ0n) is 16.2. The largest absolute Gasteiger partial charge is 0.355 e. The molecule has 5 nitrogen and oxygen atoms in total. The van der Waals surface area contributed by atoms with Gasteiger partial charge in [0.25, 0.3) is 0 Å². The average molecular weight is 389 g/mol. The van der Waals surface area contributed by atoms with Gasteiger partial charge in [-0.1, -0.05) is 55.0 Å². The van der Waals surface area contributed by atoms with E-state index in [2.05, 4.69) is 29.6 Å². The molecule has 2 aromatic rings. The molecule has 0 spiro atoms. The number of carbonyl (C=O) groups is 1. The zero-order chi connectivity index (χ0) is 19.9. The van der Waals surface area contributed by atoms with Crippen LogP contribution in [-0.4, -0.2) is 33.7 Å². The van der Waals surface area contributed by atoms with Gasteiger partial charge >= 0.3 is 0 Å². The van der Waals surface area contributed by atoms with Crippen LogP contribution in [0.2, 0.25) is 0 Å². The van der Waals surface area contributed by atoms with Crippen LogP contribution < -0.4 is 9.62 Å². The molecule has 0 aromatic heterocycles. The van der Waals surface area contributed by atoms with Gasteiger partial charge in [0.1, 0.15) is 6.54 Å². The highest BCUT2D eigenvalue weighted by Crippen LogP contribution is 2.23. The lowest BCUT2D eigenvalue weighted by Gasteiger charge is -2.24. The number of para-hydroxylation sites is 1. The molecule has 27 heavy (non-hydrogen) atoms. The monoisotopic (exact) mass is 388 g/mol. The van der Waals surface area contributed by atoms with Crippen LogP contribution in [0.1, 0.15) is 30.0 Å². The Kier molecular flexibility index (Phi) is 7.42. The molecule has 1 amide bonds. The molecule has 1 N–H and O–H groups in total. The topological polar surface area (TPSA) is 66.5 Å². The van der Waals surface area contributed by atoms with E-state index in [-0.39, 0.29) is 12.5 Å². The molecule has 0 aliphatic carbocycles. The number of hydrogen-bond acceptors (Lipinski definition) is 3. The summed E-state index contributed by atoms with van der Waals surface area (Å²) < 4.78 is 25.6. The Morgan fingerprint density at radius 1 is 1.07 bits per heavy atom. The molecule has 146 valence electrons. The number of carbonyl (C=O) groups excluding carboxylic acids is 1. The minimum absolute atomic E-state index is 0.208. The summed E-state index contributed by atoms with van der Waals surface area (Å²) in [4.78, 5) is 12.3. The minimum atomic E-state index is -3.55. The molecule has 0 saturated carbocycles. The molecule has 0 atom stereocenters. The highest BCUT2D eigenvalue weighted by Gasteiger charge is 2.22. The molecule has 0 bridgehead atoms. The first-order chi connectivity index (χ1) is 12.8. The van der Waals surface area contributed by atoms with Crippen molar-refractivity contribution in [2.75, 3.05) is 23.7 Å². The second kappa shape index (κ2) is 9.55. The van der Waals surface area contributed by atoms with E-state index >= 15 is 0 Å². The summed E-state index contributed by atoms with van der Waals surface area (Å²) in [7, 11) is -3.55. The van der Waals surface area contributed by atoms with Crippen molar-refractivity contribution in [3.63, 3.8) is 0 Å². The van der Waals surface area contributed by atoms with Crippen LogP contribution in [0, 0.1) is 6.92 Å². The first-order valence-electron chi connectivity index (χ1n) is 9.19. The number of nitrogens with zero attached hydrogens (tertiary/aromatic N) is 1. The Labute approximate surface area is 162 Å². The Bertz CT molecular complexity index is 861. The molecule has 6 heteroatoms. The molecule has 0 radical (unpaired) electrons. The van der Waals surface area contributed by atoms with Crippen molar-refractivity contribution in [2.45, 2.75) is 33.1 Å². The van der Waals surface area contributed by atoms with E-state index in [0.29, 0.717) is 18.7 Å². The lowest BCUT2D eigenvalue weighted by atomic mass is 10.1. The van der Waals surface area contributed by atoms with Gasteiger partial charge in [-0.15, -0.1) is 0 Å². The first kappa shape index (κ1) is 21.0. The van der Waals surface area contributed by atoms with Gasteiger partial charge in [0.2, 0.25) is 15.9 Å². The summed E-state index contributed by atoms with van der Waals surface area (Å²) in [5, 5.41) is 2.83. The van der Waals surface area contributed by atoms with Gasteiger partial charge in [-0.05, 0) is 43.4 Å². The van der Waals surface area contributed by atoms with Crippen molar-refractivity contribution >= 4 is 21.6 Å². The Hall–Kier alpha value is -2.34. The van der Waals surface area contributed by atoms with E-state index in [4.69, 9.17) is 0 Å². The second-order valence-corrected chi connectivity index (χ2v) is 8.60. The van der Waals surface area contributed by atoms with Crippen LogP contribution in [0.4, 0.5) is 5.69 Å². The molecule has 0 unspecified atom stereocenters. The zero-order valence-corrected chi connectivity index (χ0v) is 17.1. The van der Waals surface area contributed by atoms with Crippen LogP contribution in [0.5, 0.6) is 0 Å². The van der Waals surface area contributed by atoms with Gasteiger partial charge in [0.15, 0.2) is 0 Å². The third kappa shape index (κ3) is 6.40. The van der Waals surface area contributed by atoms with E-state index < -0.39 is 10.0 Å². The average Bonchev–Trinajstić information content (AvgIpc) is 2.64. The summed E-state index contributed by atoms with van der Waals surface area (Å²) >= 11 is 0. The molecule has 0 aliphatic rings. The number of hydrogen-bond donors (Lipinski definition) is 1. The predicted molar refractivity (Wildman–Crippen MR) is 111 cm³/mol. The Morgan fingerprint density at radius 2 is 1.74 bits per heavy atom. The molecule has 0 heterocycles. The maximum atomic E-state index is 12.3. The van der Waals surface area contributed by atoms with Crippen LogP contribution in [0.15, 0.2) is 48.5 Å². The van der Waals surface area contributed by atoms with Crippen molar-refractivity contribution in [3.05, 3.63) is 65.2 Å². The minimum Gasteiger partial charge on any atom is -0.355 e. The van der Waals surface area contributed by atoms with Gasteiger partial charge in [-0.3, -0.25) is 9.10 Å². The smallest absolute Gasteiger partial charge is 0.240 e. The van der Waals surface area contributed by atoms with Crippen LogP contribution in [0.3, 0.4) is 0 Å². The van der Waals surface area contributed by atoms with Gasteiger partial charge in [-0.25, -0.2) is 8.42 Å². The SMILES string of the molecule is CCc1ccccc1N(CC(=O)NCCCc1ccc(C)cc1)S(C)(=O)=O. The normalized spacial score (nSPS) is 11.2. The molecular weight excluding hydrogens is 360 g/mol. The standard InChI is InChI=1S/C21H28N2O3S/c1-4-19-9-5-6-10-20(19)23(27(3,25)26)16-21(24)22-15-7-8-18-13-11-17(2)12-14-18/h5-6,9-14H,4,7-8,15-16H2,1-3H3,(H,22,24). The predicted octanol–water partition coefficient (Wildman–Crippen LogP) is 3.07. The van der Waals surface area contributed by atoms with Crippen LogP contribution in [-0.2, 0) is 27.7 Å². The molecule has 0 aliphatic heterocycles. The van der Waals surface area contributed by atoms with Gasteiger partial charge in [-0.2, -0.15) is 0 Å². The molecule has 2 rings (SSSR count). The maximum absolute atomic E-state index is 12.3. The van der Waals surface area contributed by atoms with Gasteiger partial charge in [0, 0.05) is 6.54 Å². The highest BCUT2D eigenvalue weighted by atomic mass is 32.2. The number of nitrogens with one attached hydrogen (secondary N) is 1. The van der Waals surface area contributed by atoms with E-state index in [1.165, 1.54) is 15.4 Å². The van der Waals surface area contributed by atoms with Crippen molar-refractivity contribution in [1.29, 1.82) is 0 Å². The Morgan fingerprint density at radius 3 is 2.37 bits per heavy atom. The van der Waals surface area contributed by atoms with Crippen molar-refractivity contribution in [2.24, 2.45) is 0 Å². The summed E-state index contributed by atoms with van der Waals surface area (Å²) in [6.45, 7) is 4.32. The number of sulfonamides is 1. The van der Waals surface area contributed by atoms with E-state index in [9.17, 15) is 13.2 Å². The summed E-state index contributed by atoms with van der Waals surface area (Å²) in [5.41, 5.74) is 3.91. The lowest BCUT2D eigenvalue weighted by molar-refractivity contribution is -0.119. The molecular formula is C21H28N2O3S. The highest BCUT2D eigenvalue weighted by molar-refractivity contribution is 7.92. The first-order valence-corrected chi connectivity index (χ1v) is 11.0. The van der Waals surface area contributed by atoms with E-state index in [0.717, 1.165) is 24.7 Å². The van der Waals surface area contributed by atoms with Crippen LogP contribution >= 0.6 is 0 Å². The molecule has 2 aromatic carbocycles. The fourth-order valence-corrected chi connectivity index (χ4v) is 3.78. The number of anilines is 1. The van der Waals surface area contributed by atoms with Gasteiger partial charge in [0.05, 0.1) is 11.9 Å². The fourth-order valence-electron chi connectivity index (χ4n) is 2.90. The van der Waals surface area contributed by atoms with E-state index in [1.54, 1.807) is 12.1 Å². The molecule has 0 fully saturated rings. The quantitative estimate of drug-likeness (QED) is 0.672. The van der Waals surface area contributed by atoms with Crippen molar-refractivity contribution in [1.82, 2.24) is 5.32 Å². The summed E-state index contributed by atoms with van der Waals surface area (Å²) in [6.07, 6.45) is 3.50. The molecule has 0 saturated heterocycles. The second-order valence-electron chi connectivity index (χ2n) is 6.69. The number of amides is 1. The van der Waals surface area contributed by atoms with Crippen molar-refractivity contribution < 1.29 is 13.2 Å². The van der Waals surface area contributed by atoms with Crippen molar-refractivity contribution in [3.8, 4) is 0 Å². The maximum Gasteiger partial charge on any atom is 0.240 e. The fraction of sp³-hybridized carbons (Fsp3) is 0.381. The number of aryl methyl sites for hydroxylation is 3. The third-order valence-electron chi connectivity index (χ3n) is 4.41. The van der Waals surface area contributed by atoms with Gasteiger partial charge < -0.3 is 5.32 Å². The summed E-state index contributed by atoms with van der Waals surface area (Å²) in [6, 6.07) is 15.6. The lowest BCUT2D eigenvalue weighted by Crippen LogP contribution is -2.41. The Balaban J connectivity index is 1.93. The van der Waals surface area contributed by atoms with E-state index in [1.807, 2.05) is 26.0 Å². The number of benzene rings is 2. The van der Waals surface area contributed by atoms with Crippen LogP contribution in [0.25, 0.3) is 0 Å². The third-order valence-corrected chi connectivity index (χ3v) is 5.54. The number of rotatable bonds is 9.